The third-order valence-corrected chi connectivity index (χ3v) is 7.55. The molecule has 1 atom stereocenters. The molecule has 3 saturated heterocycles. The Morgan fingerprint density at radius 2 is 1.83 bits per heavy atom. The molecule has 36 heavy (non-hydrogen) atoms. The van der Waals surface area contributed by atoms with Crippen molar-refractivity contribution >= 4 is 35.3 Å². The number of aromatic nitrogens is 1. The van der Waals surface area contributed by atoms with Gasteiger partial charge in [-0.2, -0.15) is 0 Å². The summed E-state index contributed by atoms with van der Waals surface area (Å²) in [5.74, 6) is -0.355. The Labute approximate surface area is 207 Å². The summed E-state index contributed by atoms with van der Waals surface area (Å²) in [5.41, 5.74) is 1.96. The molecule has 2 aromatic rings. The maximum atomic E-state index is 13.2. The predicted octanol–water partition coefficient (Wildman–Crippen LogP) is 0.636. The van der Waals surface area contributed by atoms with Crippen LogP contribution in [-0.4, -0.2) is 93.5 Å². The fourth-order valence-corrected chi connectivity index (χ4v) is 5.52. The largest absolute Gasteiger partial charge is 0.376 e. The third-order valence-electron chi connectivity index (χ3n) is 7.55. The van der Waals surface area contributed by atoms with E-state index in [9.17, 15) is 24.3 Å². The molecule has 6 rings (SSSR count). The van der Waals surface area contributed by atoms with Gasteiger partial charge >= 0.3 is 6.03 Å². The first kappa shape index (κ1) is 22.5. The number of pyridine rings is 1. The minimum Gasteiger partial charge on any atom is -0.376 e. The Balaban J connectivity index is 1.14. The maximum Gasteiger partial charge on any atom is 0.324 e. The molecule has 0 spiro atoms. The van der Waals surface area contributed by atoms with Crippen LogP contribution < -0.4 is 9.80 Å². The fourth-order valence-electron chi connectivity index (χ4n) is 5.52. The Morgan fingerprint density at radius 3 is 2.58 bits per heavy atom. The van der Waals surface area contributed by atoms with Crippen LogP contribution in [0.25, 0.3) is 0 Å². The van der Waals surface area contributed by atoms with Gasteiger partial charge in [0.05, 0.1) is 6.04 Å². The van der Waals surface area contributed by atoms with Gasteiger partial charge in [-0.1, -0.05) is 6.07 Å². The molecule has 186 valence electrons. The Hall–Kier alpha value is -3.99. The summed E-state index contributed by atoms with van der Waals surface area (Å²) < 4.78 is 0. The van der Waals surface area contributed by atoms with Crippen molar-refractivity contribution in [2.45, 2.75) is 31.5 Å². The van der Waals surface area contributed by atoms with Gasteiger partial charge in [0.1, 0.15) is 18.6 Å². The number of urea groups is 1. The normalized spacial score (nSPS) is 22.6. The van der Waals surface area contributed by atoms with Crippen LogP contribution in [0.5, 0.6) is 0 Å². The van der Waals surface area contributed by atoms with Gasteiger partial charge in [-0.15, -0.1) is 0 Å². The lowest BCUT2D eigenvalue weighted by Crippen LogP contribution is -2.60. The van der Waals surface area contributed by atoms with E-state index in [1.807, 2.05) is 29.2 Å². The van der Waals surface area contributed by atoms with Gasteiger partial charge in [0.2, 0.25) is 5.91 Å². The van der Waals surface area contributed by atoms with Gasteiger partial charge in [-0.25, -0.2) is 9.78 Å². The van der Waals surface area contributed by atoms with Gasteiger partial charge in [0.25, 0.3) is 11.8 Å². The van der Waals surface area contributed by atoms with Gasteiger partial charge in [0, 0.05) is 56.6 Å². The number of fused-ring (bicyclic) bond motifs is 1. The summed E-state index contributed by atoms with van der Waals surface area (Å²) >= 11 is 0. The molecule has 11 heteroatoms. The van der Waals surface area contributed by atoms with Crippen molar-refractivity contribution in [1.82, 2.24) is 19.7 Å². The molecular formula is C25H26N6O5. The van der Waals surface area contributed by atoms with Crippen molar-refractivity contribution in [2.24, 2.45) is 0 Å². The number of aliphatic hydroxyl groups excluding tert-OH is 1. The summed E-state index contributed by atoms with van der Waals surface area (Å²) in [6, 6.07) is 10.4. The van der Waals surface area contributed by atoms with Gasteiger partial charge in [-0.3, -0.25) is 24.2 Å². The fraction of sp³-hybridized carbons (Fsp3) is 0.400. The summed E-state index contributed by atoms with van der Waals surface area (Å²) in [6.45, 7) is 2.20. The van der Waals surface area contributed by atoms with Gasteiger partial charge < -0.3 is 19.8 Å². The smallest absolute Gasteiger partial charge is 0.324 e. The number of hydrogen-bond acceptors (Lipinski definition) is 7. The number of imide groups is 1. The maximum absolute atomic E-state index is 13.2. The quantitative estimate of drug-likeness (QED) is 0.611. The van der Waals surface area contributed by atoms with Gasteiger partial charge in [0.15, 0.2) is 0 Å². The number of aliphatic hydroxyl groups is 1. The lowest BCUT2D eigenvalue weighted by molar-refractivity contribution is -0.156. The summed E-state index contributed by atoms with van der Waals surface area (Å²) in [6.07, 6.45) is 2.09. The van der Waals surface area contributed by atoms with E-state index >= 15 is 0 Å². The lowest BCUT2D eigenvalue weighted by atomic mass is 10.0. The molecule has 1 aromatic carbocycles. The number of hydrogen-bond donors (Lipinski definition) is 1. The number of likely N-dealkylation sites (tertiary alicyclic amines) is 1. The molecule has 1 unspecified atom stereocenters. The number of carbonyl (C=O) groups excluding carboxylic acids is 4. The Morgan fingerprint density at radius 1 is 1.00 bits per heavy atom. The van der Waals surface area contributed by atoms with E-state index in [1.54, 1.807) is 23.2 Å². The molecule has 11 nitrogen and oxygen atoms in total. The van der Waals surface area contributed by atoms with Crippen LogP contribution in [0.15, 0.2) is 42.6 Å². The zero-order valence-electron chi connectivity index (χ0n) is 19.6. The van der Waals surface area contributed by atoms with E-state index in [4.69, 9.17) is 0 Å². The van der Waals surface area contributed by atoms with E-state index in [0.717, 1.165) is 35.1 Å². The molecule has 1 aromatic heterocycles. The SMILES string of the molecule is O=C1CCC(N2Cc3cc(N4CCN(C5CN(c6ccccn6)C5)C4=O)ccc3C2=O)C(=O)N1CO. The summed E-state index contributed by atoms with van der Waals surface area (Å²) in [5, 5.41) is 9.40. The van der Waals surface area contributed by atoms with E-state index in [1.165, 1.54) is 4.90 Å². The van der Waals surface area contributed by atoms with Crippen LogP contribution >= 0.6 is 0 Å². The zero-order chi connectivity index (χ0) is 25.0. The minimum absolute atomic E-state index is 0.0543. The number of rotatable bonds is 5. The van der Waals surface area contributed by atoms with Crippen molar-refractivity contribution in [3.05, 3.63) is 53.7 Å². The molecule has 0 bridgehead atoms. The lowest BCUT2D eigenvalue weighted by Gasteiger charge is -2.44. The number of nitrogens with zero attached hydrogens (tertiary/aromatic N) is 6. The van der Waals surface area contributed by atoms with Crippen molar-refractivity contribution in [1.29, 1.82) is 0 Å². The second-order valence-electron chi connectivity index (χ2n) is 9.50. The van der Waals surface area contributed by atoms with E-state index in [2.05, 4.69) is 9.88 Å². The average Bonchev–Trinajstić information content (AvgIpc) is 3.39. The minimum atomic E-state index is -0.789. The molecule has 0 radical (unpaired) electrons. The van der Waals surface area contributed by atoms with Crippen LogP contribution in [0, 0.1) is 0 Å². The van der Waals surface area contributed by atoms with Crippen LogP contribution in [0.3, 0.4) is 0 Å². The zero-order valence-corrected chi connectivity index (χ0v) is 19.6. The van der Waals surface area contributed by atoms with Crippen molar-refractivity contribution < 1.29 is 24.3 Å². The number of amides is 5. The summed E-state index contributed by atoms with van der Waals surface area (Å²) in [4.78, 5) is 63.3. The highest BCUT2D eigenvalue weighted by Gasteiger charge is 2.44. The highest BCUT2D eigenvalue weighted by Crippen LogP contribution is 2.33. The molecule has 5 heterocycles. The molecule has 4 aliphatic heterocycles. The highest BCUT2D eigenvalue weighted by atomic mass is 16.3. The van der Waals surface area contributed by atoms with Crippen LogP contribution in [-0.2, 0) is 16.1 Å². The van der Waals surface area contributed by atoms with Gasteiger partial charge in [-0.05, 0) is 42.3 Å². The first-order valence-corrected chi connectivity index (χ1v) is 12.1. The van der Waals surface area contributed by atoms with Crippen molar-refractivity contribution in [3.8, 4) is 0 Å². The second-order valence-corrected chi connectivity index (χ2v) is 9.50. The van der Waals surface area contributed by atoms with Crippen LogP contribution in [0.4, 0.5) is 16.3 Å². The predicted molar refractivity (Wildman–Crippen MR) is 128 cm³/mol. The first-order valence-electron chi connectivity index (χ1n) is 12.1. The van der Waals surface area contributed by atoms with Crippen molar-refractivity contribution in [2.75, 3.05) is 42.7 Å². The van der Waals surface area contributed by atoms with Crippen molar-refractivity contribution in [3.63, 3.8) is 0 Å². The molecule has 0 aliphatic carbocycles. The number of carbonyl (C=O) groups is 4. The summed E-state index contributed by atoms with van der Waals surface area (Å²) in [7, 11) is 0. The van der Waals surface area contributed by atoms with E-state index < -0.39 is 24.6 Å². The highest BCUT2D eigenvalue weighted by molar-refractivity contribution is 6.06. The molecule has 4 aliphatic rings. The Kier molecular flexibility index (Phi) is 5.36. The molecule has 0 saturated carbocycles. The van der Waals surface area contributed by atoms with E-state index in [-0.39, 0.29) is 37.4 Å². The first-order chi connectivity index (χ1) is 17.5. The Bertz CT molecular complexity index is 1250. The topological polar surface area (TPSA) is 118 Å². The number of benzene rings is 1. The molecule has 5 amide bonds. The monoisotopic (exact) mass is 490 g/mol. The molecular weight excluding hydrogens is 464 g/mol. The second kappa shape index (κ2) is 8.59. The van der Waals surface area contributed by atoms with Crippen LogP contribution in [0.2, 0.25) is 0 Å². The number of anilines is 2. The average molecular weight is 491 g/mol. The standard InChI is InChI=1S/C25H26N6O5/c32-15-31-22(33)7-6-20(24(31)35)30-12-16-11-17(4-5-19(16)23(30)34)28-9-10-29(25(28)36)18-13-27(14-18)21-3-1-2-8-26-21/h1-5,8,11,18,20,32H,6-7,9-10,12-15H2. The number of piperidine rings is 1. The molecule has 3 fully saturated rings. The molecule has 1 N–H and O–H groups in total. The van der Waals surface area contributed by atoms with Crippen LogP contribution in [0.1, 0.15) is 28.8 Å². The van der Waals surface area contributed by atoms with E-state index in [0.29, 0.717) is 18.7 Å². The third kappa shape index (κ3) is 3.49.